The quantitative estimate of drug-likeness (QED) is 0.840. The Bertz CT molecular complexity index is 428. The minimum absolute atomic E-state index is 0.0349. The first kappa shape index (κ1) is 12.2. The van der Waals surface area contributed by atoms with E-state index >= 15 is 0 Å². The minimum atomic E-state index is -3.64. The molecule has 0 aliphatic heterocycles. The highest BCUT2D eigenvalue weighted by molar-refractivity contribution is 7.89. The third kappa shape index (κ3) is 4.01. The predicted octanol–water partition coefficient (Wildman–Crippen LogP) is 0.977. The molecule has 0 aliphatic carbocycles. The summed E-state index contributed by atoms with van der Waals surface area (Å²) in [6, 6.07) is 0. The van der Waals surface area contributed by atoms with E-state index in [1.807, 2.05) is 6.54 Å². The SMILES string of the molecule is CC(C)(C)C[CH]n1cc(S(N)(=O)=O)cn1. The predicted molar refractivity (Wildman–Crippen MR) is 57.4 cm³/mol. The van der Waals surface area contributed by atoms with Gasteiger partial charge < -0.3 is 0 Å². The van der Waals surface area contributed by atoms with E-state index in [1.165, 1.54) is 17.1 Å². The third-order valence-corrected chi connectivity index (χ3v) is 2.66. The number of aromatic nitrogens is 2. The van der Waals surface area contributed by atoms with Gasteiger partial charge in [0.25, 0.3) is 0 Å². The van der Waals surface area contributed by atoms with Crippen LogP contribution < -0.4 is 5.14 Å². The molecule has 0 bridgehead atoms. The first-order valence-electron chi connectivity index (χ1n) is 4.59. The summed E-state index contributed by atoms with van der Waals surface area (Å²) in [4.78, 5) is 0.0349. The van der Waals surface area contributed by atoms with E-state index in [0.29, 0.717) is 0 Å². The summed E-state index contributed by atoms with van der Waals surface area (Å²) in [7, 11) is -3.64. The van der Waals surface area contributed by atoms with E-state index in [-0.39, 0.29) is 10.3 Å². The molecule has 1 aromatic heterocycles. The lowest BCUT2D eigenvalue weighted by Gasteiger charge is -2.16. The van der Waals surface area contributed by atoms with Crippen molar-refractivity contribution in [1.82, 2.24) is 9.78 Å². The van der Waals surface area contributed by atoms with Crippen LogP contribution in [0.4, 0.5) is 0 Å². The molecule has 0 aliphatic rings. The monoisotopic (exact) mass is 230 g/mol. The second-order valence-corrected chi connectivity index (χ2v) is 6.21. The fraction of sp³-hybridized carbons (Fsp3) is 0.556. The molecule has 2 N–H and O–H groups in total. The maximum Gasteiger partial charge on any atom is 0.241 e. The molecule has 0 fully saturated rings. The van der Waals surface area contributed by atoms with Crippen molar-refractivity contribution in [3.05, 3.63) is 18.9 Å². The number of hydrogen-bond acceptors (Lipinski definition) is 3. The van der Waals surface area contributed by atoms with Crippen molar-refractivity contribution in [3.63, 3.8) is 0 Å². The van der Waals surface area contributed by atoms with Crippen molar-refractivity contribution < 1.29 is 8.42 Å². The van der Waals surface area contributed by atoms with E-state index in [2.05, 4.69) is 25.9 Å². The van der Waals surface area contributed by atoms with Crippen LogP contribution in [0.15, 0.2) is 17.3 Å². The van der Waals surface area contributed by atoms with Gasteiger partial charge in [-0.05, 0) is 11.8 Å². The number of rotatable bonds is 3. The molecular formula is C9H16N3O2S. The summed E-state index contributed by atoms with van der Waals surface area (Å²) in [6.45, 7) is 8.10. The molecule has 6 heteroatoms. The van der Waals surface area contributed by atoms with E-state index < -0.39 is 10.0 Å². The molecule has 1 heterocycles. The number of nitrogens with two attached hydrogens (primary N) is 1. The highest BCUT2D eigenvalue weighted by atomic mass is 32.2. The first-order chi connectivity index (χ1) is 6.68. The molecule has 5 nitrogen and oxygen atoms in total. The van der Waals surface area contributed by atoms with Crippen LogP contribution >= 0.6 is 0 Å². The molecule has 0 aromatic carbocycles. The zero-order valence-corrected chi connectivity index (χ0v) is 9.95. The number of nitrogens with zero attached hydrogens (tertiary/aromatic N) is 2. The highest BCUT2D eigenvalue weighted by Gasteiger charge is 2.13. The molecule has 0 amide bonds. The Morgan fingerprint density at radius 1 is 1.53 bits per heavy atom. The summed E-state index contributed by atoms with van der Waals surface area (Å²) in [5.41, 5.74) is 0.147. The van der Waals surface area contributed by atoms with E-state index in [1.54, 1.807) is 0 Å². The van der Waals surface area contributed by atoms with Crippen molar-refractivity contribution >= 4 is 10.0 Å². The van der Waals surface area contributed by atoms with Gasteiger partial charge in [-0.2, -0.15) is 5.10 Å². The molecule has 1 aromatic rings. The largest absolute Gasteiger partial charge is 0.266 e. The van der Waals surface area contributed by atoms with Crippen molar-refractivity contribution in [2.45, 2.75) is 32.1 Å². The molecule has 1 radical (unpaired) electrons. The van der Waals surface area contributed by atoms with Gasteiger partial charge in [0, 0.05) is 6.20 Å². The van der Waals surface area contributed by atoms with Crippen LogP contribution in [0.3, 0.4) is 0 Å². The van der Waals surface area contributed by atoms with Gasteiger partial charge >= 0.3 is 0 Å². The average molecular weight is 230 g/mol. The van der Waals surface area contributed by atoms with Crippen molar-refractivity contribution in [1.29, 1.82) is 0 Å². The average Bonchev–Trinajstić information content (AvgIpc) is 2.45. The van der Waals surface area contributed by atoms with Crippen molar-refractivity contribution in [2.75, 3.05) is 0 Å². The lowest BCUT2D eigenvalue weighted by atomic mass is 9.92. The van der Waals surface area contributed by atoms with Gasteiger partial charge in [-0.25, -0.2) is 13.6 Å². The molecule has 0 saturated carbocycles. The number of sulfonamides is 1. The van der Waals surface area contributed by atoms with Gasteiger partial charge in [0.15, 0.2) is 0 Å². The maximum atomic E-state index is 11.0. The van der Waals surface area contributed by atoms with Crippen LogP contribution in [0.5, 0.6) is 0 Å². The van der Waals surface area contributed by atoms with Crippen molar-refractivity contribution in [2.24, 2.45) is 10.6 Å². The smallest absolute Gasteiger partial charge is 0.241 e. The summed E-state index contributed by atoms with van der Waals surface area (Å²) in [5.74, 6) is 0. The Labute approximate surface area is 90.3 Å². The fourth-order valence-corrected chi connectivity index (χ4v) is 1.38. The minimum Gasteiger partial charge on any atom is -0.266 e. The van der Waals surface area contributed by atoms with Gasteiger partial charge in [0.05, 0.1) is 12.7 Å². The molecule has 0 unspecified atom stereocenters. The Morgan fingerprint density at radius 3 is 2.53 bits per heavy atom. The van der Waals surface area contributed by atoms with Crippen LogP contribution in [0, 0.1) is 12.0 Å². The number of hydrogen-bond donors (Lipinski definition) is 1. The lowest BCUT2D eigenvalue weighted by molar-refractivity contribution is 0.392. The Balaban J connectivity index is 2.70. The lowest BCUT2D eigenvalue weighted by Crippen LogP contribution is -2.11. The maximum absolute atomic E-state index is 11.0. The summed E-state index contributed by atoms with van der Waals surface area (Å²) >= 11 is 0. The fourth-order valence-electron chi connectivity index (χ4n) is 0.935. The summed E-state index contributed by atoms with van der Waals surface area (Å²) < 4.78 is 23.4. The molecule has 1 rings (SSSR count). The van der Waals surface area contributed by atoms with Crippen LogP contribution in [0.25, 0.3) is 0 Å². The van der Waals surface area contributed by atoms with Crippen LogP contribution in [-0.4, -0.2) is 18.2 Å². The molecule has 0 saturated heterocycles. The van der Waals surface area contributed by atoms with E-state index in [0.717, 1.165) is 6.42 Å². The zero-order chi connectivity index (χ0) is 11.7. The van der Waals surface area contributed by atoms with Gasteiger partial charge in [0.1, 0.15) is 4.90 Å². The molecule has 85 valence electrons. The molecule has 15 heavy (non-hydrogen) atoms. The second kappa shape index (κ2) is 3.94. The standard InChI is InChI=1S/C9H16N3O2S/c1-9(2,3)4-5-12-7-8(6-11-12)15(10,13)14/h5-7H,4H2,1-3H3,(H2,10,13,14). The Kier molecular flexibility index (Phi) is 3.20. The molecule has 0 atom stereocenters. The van der Waals surface area contributed by atoms with Crippen molar-refractivity contribution in [3.8, 4) is 0 Å². The van der Waals surface area contributed by atoms with E-state index in [4.69, 9.17) is 5.14 Å². The third-order valence-electron chi connectivity index (χ3n) is 1.80. The summed E-state index contributed by atoms with van der Waals surface area (Å²) in [6.07, 6.45) is 3.45. The molecule has 0 spiro atoms. The normalized spacial score (nSPS) is 13.1. The van der Waals surface area contributed by atoms with Gasteiger partial charge in [0.2, 0.25) is 10.0 Å². The van der Waals surface area contributed by atoms with Crippen LogP contribution in [-0.2, 0) is 10.0 Å². The highest BCUT2D eigenvalue weighted by Crippen LogP contribution is 2.20. The van der Waals surface area contributed by atoms with Crippen LogP contribution in [0.1, 0.15) is 27.2 Å². The Morgan fingerprint density at radius 2 is 2.13 bits per heavy atom. The second-order valence-electron chi connectivity index (χ2n) is 4.65. The van der Waals surface area contributed by atoms with Gasteiger partial charge in [-0.1, -0.05) is 20.8 Å². The zero-order valence-electron chi connectivity index (χ0n) is 9.14. The van der Waals surface area contributed by atoms with Gasteiger partial charge in [-0.15, -0.1) is 0 Å². The topological polar surface area (TPSA) is 78.0 Å². The van der Waals surface area contributed by atoms with Crippen LogP contribution in [0.2, 0.25) is 0 Å². The number of primary sulfonamides is 1. The molecular weight excluding hydrogens is 214 g/mol. The van der Waals surface area contributed by atoms with Gasteiger partial charge in [-0.3, -0.25) is 4.68 Å². The van der Waals surface area contributed by atoms with E-state index in [9.17, 15) is 8.42 Å². The summed E-state index contributed by atoms with van der Waals surface area (Å²) in [5, 5.41) is 8.84. The first-order valence-corrected chi connectivity index (χ1v) is 6.13. The Hall–Kier alpha value is -0.880.